The zero-order valence-electron chi connectivity index (χ0n) is 9.66. The van der Waals surface area contributed by atoms with Crippen LogP contribution < -0.4 is 10.9 Å². The van der Waals surface area contributed by atoms with Gasteiger partial charge in [-0.3, -0.25) is 9.59 Å². The van der Waals surface area contributed by atoms with Crippen molar-refractivity contribution < 1.29 is 4.79 Å². The number of aromatic amines is 1. The molecular formula is C13H11ClN2O2. The van der Waals surface area contributed by atoms with E-state index in [1.165, 1.54) is 18.3 Å². The van der Waals surface area contributed by atoms with Crippen LogP contribution in [0.15, 0.2) is 41.3 Å². The van der Waals surface area contributed by atoms with Crippen molar-refractivity contribution in [3.63, 3.8) is 0 Å². The number of halogens is 1. The summed E-state index contributed by atoms with van der Waals surface area (Å²) in [5.74, 6) is -0.341. The molecule has 0 unspecified atom stereocenters. The maximum atomic E-state index is 11.9. The second-order valence-corrected chi connectivity index (χ2v) is 4.22. The lowest BCUT2D eigenvalue weighted by Crippen LogP contribution is -2.16. The Kier molecular flexibility index (Phi) is 3.48. The molecule has 0 fully saturated rings. The van der Waals surface area contributed by atoms with Crippen LogP contribution in [-0.4, -0.2) is 10.9 Å². The van der Waals surface area contributed by atoms with E-state index in [1.807, 2.05) is 6.92 Å². The number of benzene rings is 1. The predicted octanol–water partition coefficient (Wildman–Crippen LogP) is 2.59. The molecule has 0 aliphatic carbocycles. The minimum absolute atomic E-state index is 0.304. The highest BCUT2D eigenvalue weighted by Gasteiger charge is 2.09. The molecule has 0 aliphatic heterocycles. The Morgan fingerprint density at radius 1 is 1.33 bits per heavy atom. The molecule has 0 radical (unpaired) electrons. The van der Waals surface area contributed by atoms with Gasteiger partial charge in [-0.05, 0) is 30.7 Å². The number of nitrogens with one attached hydrogen (secondary N) is 2. The Labute approximate surface area is 109 Å². The fourth-order valence-electron chi connectivity index (χ4n) is 1.52. The lowest BCUT2D eigenvalue weighted by molar-refractivity contribution is 0.102. The first-order valence-corrected chi connectivity index (χ1v) is 5.71. The smallest absolute Gasteiger partial charge is 0.255 e. The van der Waals surface area contributed by atoms with Crippen molar-refractivity contribution in [2.45, 2.75) is 6.92 Å². The van der Waals surface area contributed by atoms with E-state index >= 15 is 0 Å². The first kappa shape index (κ1) is 12.4. The Balaban J connectivity index is 2.27. The molecule has 0 saturated heterocycles. The van der Waals surface area contributed by atoms with E-state index < -0.39 is 0 Å². The van der Waals surface area contributed by atoms with E-state index in [0.717, 1.165) is 5.56 Å². The van der Waals surface area contributed by atoms with Gasteiger partial charge in [-0.1, -0.05) is 17.7 Å². The molecule has 2 aromatic rings. The molecule has 92 valence electrons. The van der Waals surface area contributed by atoms with Gasteiger partial charge in [0.25, 0.3) is 5.91 Å². The van der Waals surface area contributed by atoms with Crippen LogP contribution in [0.3, 0.4) is 0 Å². The van der Waals surface area contributed by atoms with Gasteiger partial charge < -0.3 is 10.3 Å². The van der Waals surface area contributed by atoms with Crippen LogP contribution >= 0.6 is 11.6 Å². The van der Waals surface area contributed by atoms with Gasteiger partial charge in [-0.2, -0.15) is 0 Å². The van der Waals surface area contributed by atoms with Crippen LogP contribution in [0.25, 0.3) is 0 Å². The second kappa shape index (κ2) is 5.06. The zero-order chi connectivity index (χ0) is 13.1. The SMILES string of the molecule is Cc1c(Cl)cccc1NC(=O)c1cc[nH]c(=O)c1. The van der Waals surface area contributed by atoms with E-state index in [1.54, 1.807) is 18.2 Å². The molecule has 0 saturated carbocycles. The molecule has 4 nitrogen and oxygen atoms in total. The van der Waals surface area contributed by atoms with E-state index in [0.29, 0.717) is 16.3 Å². The van der Waals surface area contributed by atoms with Crippen molar-refractivity contribution >= 4 is 23.2 Å². The average Bonchev–Trinajstić information content (AvgIpc) is 2.35. The van der Waals surface area contributed by atoms with Crippen molar-refractivity contribution in [2.75, 3.05) is 5.32 Å². The largest absolute Gasteiger partial charge is 0.329 e. The van der Waals surface area contributed by atoms with Crippen LogP contribution in [-0.2, 0) is 0 Å². The van der Waals surface area contributed by atoms with Crippen LogP contribution in [0.5, 0.6) is 0 Å². The highest BCUT2D eigenvalue weighted by Crippen LogP contribution is 2.23. The molecule has 5 heteroatoms. The minimum atomic E-state index is -0.341. The molecule has 1 amide bonds. The van der Waals surface area contributed by atoms with E-state index in [-0.39, 0.29) is 11.5 Å². The normalized spacial score (nSPS) is 10.1. The molecular weight excluding hydrogens is 252 g/mol. The number of H-pyrrole nitrogens is 1. The number of rotatable bonds is 2. The lowest BCUT2D eigenvalue weighted by atomic mass is 10.2. The third kappa shape index (κ3) is 2.60. The summed E-state index contributed by atoms with van der Waals surface area (Å²) >= 11 is 5.96. The standard InChI is InChI=1S/C13H11ClN2O2/c1-8-10(14)3-2-4-11(8)16-13(18)9-5-6-15-12(17)7-9/h2-7H,1H3,(H,15,17)(H,16,18). The summed E-state index contributed by atoms with van der Waals surface area (Å²) in [6.45, 7) is 1.82. The highest BCUT2D eigenvalue weighted by atomic mass is 35.5. The number of anilines is 1. The molecule has 2 rings (SSSR count). The fourth-order valence-corrected chi connectivity index (χ4v) is 1.70. The molecule has 0 spiro atoms. The molecule has 1 aromatic heterocycles. The fraction of sp³-hybridized carbons (Fsp3) is 0.0769. The van der Waals surface area contributed by atoms with Crippen molar-refractivity contribution in [1.29, 1.82) is 0 Å². The summed E-state index contributed by atoms with van der Waals surface area (Å²) in [5.41, 5.74) is 1.41. The van der Waals surface area contributed by atoms with Gasteiger partial charge in [-0.25, -0.2) is 0 Å². The Morgan fingerprint density at radius 2 is 2.11 bits per heavy atom. The lowest BCUT2D eigenvalue weighted by Gasteiger charge is -2.09. The Bertz CT molecular complexity index is 649. The number of amides is 1. The van der Waals surface area contributed by atoms with Crippen LogP contribution in [0.2, 0.25) is 5.02 Å². The van der Waals surface area contributed by atoms with Crippen LogP contribution in [0.1, 0.15) is 15.9 Å². The first-order valence-electron chi connectivity index (χ1n) is 5.33. The summed E-state index contributed by atoms with van der Waals surface area (Å²) in [4.78, 5) is 25.5. The van der Waals surface area contributed by atoms with Crippen molar-refractivity contribution in [3.05, 3.63) is 63.0 Å². The summed E-state index contributed by atoms with van der Waals surface area (Å²) < 4.78 is 0. The molecule has 1 aromatic carbocycles. The summed E-state index contributed by atoms with van der Waals surface area (Å²) in [7, 11) is 0. The maximum absolute atomic E-state index is 11.9. The average molecular weight is 263 g/mol. The van der Waals surface area contributed by atoms with Crippen molar-refractivity contribution in [3.8, 4) is 0 Å². The predicted molar refractivity (Wildman–Crippen MR) is 71.2 cm³/mol. The van der Waals surface area contributed by atoms with Gasteiger partial charge in [0, 0.05) is 28.5 Å². The number of hydrogen-bond donors (Lipinski definition) is 2. The molecule has 1 heterocycles. The number of aromatic nitrogens is 1. The van der Waals surface area contributed by atoms with Gasteiger partial charge in [0.2, 0.25) is 5.56 Å². The quantitative estimate of drug-likeness (QED) is 0.874. The third-order valence-corrected chi connectivity index (χ3v) is 2.96. The van der Waals surface area contributed by atoms with Gasteiger partial charge in [0.1, 0.15) is 0 Å². The zero-order valence-corrected chi connectivity index (χ0v) is 10.4. The van der Waals surface area contributed by atoms with Gasteiger partial charge in [-0.15, -0.1) is 0 Å². The molecule has 18 heavy (non-hydrogen) atoms. The van der Waals surface area contributed by atoms with Crippen LogP contribution in [0.4, 0.5) is 5.69 Å². The maximum Gasteiger partial charge on any atom is 0.255 e. The first-order chi connectivity index (χ1) is 8.58. The van der Waals surface area contributed by atoms with Crippen molar-refractivity contribution in [1.82, 2.24) is 4.98 Å². The minimum Gasteiger partial charge on any atom is -0.329 e. The van der Waals surface area contributed by atoms with Gasteiger partial charge in [0.05, 0.1) is 0 Å². The molecule has 0 atom stereocenters. The number of pyridine rings is 1. The molecule has 0 aliphatic rings. The summed E-state index contributed by atoms with van der Waals surface area (Å²) in [5, 5.41) is 3.30. The summed E-state index contributed by atoms with van der Waals surface area (Å²) in [6.07, 6.45) is 1.43. The number of hydrogen-bond acceptors (Lipinski definition) is 2. The monoisotopic (exact) mass is 262 g/mol. The molecule has 2 N–H and O–H groups in total. The Hall–Kier alpha value is -2.07. The summed E-state index contributed by atoms with van der Waals surface area (Å²) in [6, 6.07) is 8.04. The second-order valence-electron chi connectivity index (χ2n) is 3.81. The topological polar surface area (TPSA) is 62.0 Å². The third-order valence-electron chi connectivity index (χ3n) is 2.55. The van der Waals surface area contributed by atoms with E-state index in [4.69, 9.17) is 11.6 Å². The van der Waals surface area contributed by atoms with Gasteiger partial charge in [0.15, 0.2) is 0 Å². The van der Waals surface area contributed by atoms with Gasteiger partial charge >= 0.3 is 0 Å². The van der Waals surface area contributed by atoms with Crippen LogP contribution in [0, 0.1) is 6.92 Å². The molecule has 0 bridgehead atoms. The van der Waals surface area contributed by atoms with Crippen molar-refractivity contribution in [2.24, 2.45) is 0 Å². The highest BCUT2D eigenvalue weighted by molar-refractivity contribution is 6.31. The number of carbonyl (C=O) groups excluding carboxylic acids is 1. The van der Waals surface area contributed by atoms with E-state index in [2.05, 4.69) is 10.3 Å². The number of carbonyl (C=O) groups is 1. The van der Waals surface area contributed by atoms with E-state index in [9.17, 15) is 9.59 Å². The Morgan fingerprint density at radius 3 is 2.83 bits per heavy atom.